The molecule has 7 heteroatoms. The highest BCUT2D eigenvalue weighted by molar-refractivity contribution is 8.79. The van der Waals surface area contributed by atoms with E-state index < -0.39 is 19.6 Å². The first-order valence-electron chi connectivity index (χ1n) is 8.85. The van der Waals surface area contributed by atoms with Gasteiger partial charge >= 0.3 is 5.97 Å². The van der Waals surface area contributed by atoms with Crippen molar-refractivity contribution >= 4 is 42.0 Å². The Kier molecular flexibility index (Phi) is 12.2. The summed E-state index contributed by atoms with van der Waals surface area (Å²) in [6, 6.07) is 0. The van der Waals surface area contributed by atoms with Crippen molar-refractivity contribution in [2.75, 3.05) is 0 Å². The summed E-state index contributed by atoms with van der Waals surface area (Å²) in [5.41, 5.74) is 0. The van der Waals surface area contributed by atoms with E-state index in [9.17, 15) is 13.2 Å². The van der Waals surface area contributed by atoms with Crippen molar-refractivity contribution in [3.8, 4) is 0 Å². The van der Waals surface area contributed by atoms with Gasteiger partial charge in [-0.3, -0.25) is 4.79 Å². The van der Waals surface area contributed by atoms with Crippen LogP contribution in [0.1, 0.15) is 91.4 Å². The van der Waals surface area contributed by atoms with E-state index in [1.165, 1.54) is 58.8 Å². The van der Waals surface area contributed by atoms with Gasteiger partial charge in [0, 0.05) is 0 Å². The average Bonchev–Trinajstić information content (AvgIpc) is 2.47. The van der Waals surface area contributed by atoms with Gasteiger partial charge in [-0.25, -0.2) is 8.42 Å². The largest absolute Gasteiger partial charge is 0.480 e. The number of carbonyl (C=O) groups is 1. The summed E-state index contributed by atoms with van der Waals surface area (Å²) in [5.74, 6) is -1.15. The van der Waals surface area contributed by atoms with Crippen LogP contribution in [0.3, 0.4) is 0 Å². The number of unbranched alkanes of at least 4 members (excludes halogenated alkanes) is 9. The summed E-state index contributed by atoms with van der Waals surface area (Å²) in [4.78, 5) is 11.0. The molecule has 0 atom stereocenters. The molecule has 0 aromatic heterocycles. The van der Waals surface area contributed by atoms with Gasteiger partial charge in [0.25, 0.3) is 0 Å². The highest BCUT2D eigenvalue weighted by Crippen LogP contribution is 2.32. The third-order valence-electron chi connectivity index (χ3n) is 3.85. The molecule has 0 aromatic carbocycles. The van der Waals surface area contributed by atoms with Crippen molar-refractivity contribution in [2.24, 2.45) is 0 Å². The van der Waals surface area contributed by atoms with E-state index in [1.54, 1.807) is 0 Å². The highest BCUT2D eigenvalue weighted by Gasteiger charge is 2.36. The predicted octanol–water partition coefficient (Wildman–Crippen LogP) is 5.55. The molecule has 4 nitrogen and oxygen atoms in total. The predicted molar refractivity (Wildman–Crippen MR) is 107 cm³/mol. The molecule has 0 rings (SSSR count). The van der Waals surface area contributed by atoms with E-state index in [2.05, 4.69) is 6.92 Å². The molecule has 0 aliphatic heterocycles. The molecule has 142 valence electrons. The topological polar surface area (TPSA) is 71.4 Å². The van der Waals surface area contributed by atoms with E-state index >= 15 is 0 Å². The molecule has 24 heavy (non-hydrogen) atoms. The zero-order chi connectivity index (χ0) is 18.6. The third kappa shape index (κ3) is 10.7. The molecule has 0 amide bonds. The maximum Gasteiger partial charge on any atom is 0.320 e. The number of rotatable bonds is 14. The lowest BCUT2D eigenvalue weighted by Gasteiger charge is -2.18. The summed E-state index contributed by atoms with van der Waals surface area (Å²) >= 11 is 5.00. The van der Waals surface area contributed by atoms with Gasteiger partial charge in [0.2, 0.25) is 8.87 Å². The fraction of sp³-hybridized carbons (Fsp3) is 0.882. The molecule has 0 aromatic rings. The molecule has 0 aliphatic carbocycles. The number of carboxylic acids is 1. The minimum Gasteiger partial charge on any atom is -0.480 e. The normalized spacial score (nSPS) is 12.3. The van der Waals surface area contributed by atoms with Crippen LogP contribution in [-0.4, -0.2) is 28.4 Å². The summed E-state index contributed by atoms with van der Waals surface area (Å²) < 4.78 is 22.8. The molecule has 0 saturated carbocycles. The van der Waals surface area contributed by atoms with E-state index in [1.807, 2.05) is 0 Å². The molecule has 0 bridgehead atoms. The molecule has 0 fully saturated rings. The molecule has 0 spiro atoms. The molecular formula is C17H32O4S3. The summed E-state index contributed by atoms with van der Waals surface area (Å²) in [6.07, 6.45) is 12.1. The second-order valence-electron chi connectivity index (χ2n) is 6.66. The fourth-order valence-electron chi connectivity index (χ4n) is 2.24. The van der Waals surface area contributed by atoms with Crippen molar-refractivity contribution in [1.82, 2.24) is 0 Å². The van der Waals surface area contributed by atoms with Gasteiger partial charge in [-0.15, -0.1) is 0 Å². The molecule has 0 unspecified atom stereocenters. The molecular weight excluding hydrogens is 364 g/mol. The zero-order valence-corrected chi connectivity index (χ0v) is 17.6. The quantitative estimate of drug-likeness (QED) is 0.236. The summed E-state index contributed by atoms with van der Waals surface area (Å²) in [5, 5.41) is 9.02. The Bertz CT molecular complexity index is 484. The lowest BCUT2D eigenvalue weighted by Crippen LogP contribution is -2.30. The first-order chi connectivity index (χ1) is 11.1. The average molecular weight is 397 g/mol. The van der Waals surface area contributed by atoms with E-state index in [-0.39, 0.29) is 4.20 Å². The molecule has 0 saturated heterocycles. The lowest BCUT2D eigenvalue weighted by molar-refractivity contribution is -0.138. The van der Waals surface area contributed by atoms with Crippen LogP contribution in [-0.2, 0) is 13.7 Å². The Labute approximate surface area is 156 Å². The van der Waals surface area contributed by atoms with Crippen LogP contribution in [0.4, 0.5) is 0 Å². The van der Waals surface area contributed by atoms with Gasteiger partial charge in [-0.2, -0.15) is 0 Å². The van der Waals surface area contributed by atoms with Crippen LogP contribution in [0.25, 0.3) is 0 Å². The van der Waals surface area contributed by atoms with E-state index in [0.29, 0.717) is 17.2 Å². The van der Waals surface area contributed by atoms with E-state index in [0.717, 1.165) is 19.3 Å². The molecule has 0 aliphatic rings. The van der Waals surface area contributed by atoms with Crippen molar-refractivity contribution in [1.29, 1.82) is 0 Å². The van der Waals surface area contributed by atoms with Crippen molar-refractivity contribution in [3.63, 3.8) is 0 Å². The standard InChI is InChI=1S/C17H32O4S3/c1-4-5-6-7-8-9-10-11-12-13-14-15(22)24(20,21)23-17(2,3)16(18)19/h4-14H2,1-3H3,(H,18,19). The summed E-state index contributed by atoms with van der Waals surface area (Å²) in [7, 11) is -3.27. The Morgan fingerprint density at radius 3 is 1.79 bits per heavy atom. The maximum absolute atomic E-state index is 12.1. The van der Waals surface area contributed by atoms with Gasteiger partial charge in [-0.1, -0.05) is 76.9 Å². The second kappa shape index (κ2) is 12.3. The van der Waals surface area contributed by atoms with E-state index in [4.69, 9.17) is 17.3 Å². The van der Waals surface area contributed by atoms with Gasteiger partial charge < -0.3 is 5.11 Å². The van der Waals surface area contributed by atoms with Crippen LogP contribution in [0.2, 0.25) is 0 Å². The monoisotopic (exact) mass is 396 g/mol. The lowest BCUT2D eigenvalue weighted by atomic mass is 10.1. The maximum atomic E-state index is 12.1. The Balaban J connectivity index is 3.88. The van der Waals surface area contributed by atoms with Crippen LogP contribution in [0, 0.1) is 0 Å². The first-order valence-corrected chi connectivity index (χ1v) is 12.1. The fourth-order valence-corrected chi connectivity index (χ4v) is 6.18. The summed E-state index contributed by atoms with van der Waals surface area (Å²) in [6.45, 7) is 4.97. The first kappa shape index (κ1) is 23.9. The van der Waals surface area contributed by atoms with Crippen LogP contribution < -0.4 is 0 Å². The van der Waals surface area contributed by atoms with Crippen LogP contribution in [0.15, 0.2) is 0 Å². The smallest absolute Gasteiger partial charge is 0.320 e. The van der Waals surface area contributed by atoms with Crippen LogP contribution in [0.5, 0.6) is 0 Å². The van der Waals surface area contributed by atoms with Gasteiger partial charge in [-0.05, 0) is 37.5 Å². The van der Waals surface area contributed by atoms with Crippen LogP contribution >= 0.6 is 23.0 Å². The number of carboxylic acid groups (broad SMARTS) is 1. The Morgan fingerprint density at radius 2 is 1.38 bits per heavy atom. The van der Waals surface area contributed by atoms with Crippen molar-refractivity contribution in [3.05, 3.63) is 0 Å². The van der Waals surface area contributed by atoms with Crippen molar-refractivity contribution in [2.45, 2.75) is 96.1 Å². The zero-order valence-electron chi connectivity index (χ0n) is 15.2. The van der Waals surface area contributed by atoms with Gasteiger partial charge in [0.15, 0.2) is 0 Å². The minimum absolute atomic E-state index is 0.0265. The number of thiocarbonyl (C=S) groups is 1. The Morgan fingerprint density at radius 1 is 0.958 bits per heavy atom. The molecule has 0 heterocycles. The second-order valence-corrected chi connectivity index (χ2v) is 11.8. The SMILES string of the molecule is CCCCCCCCCCCCC(=S)S(=O)(=O)SC(C)(C)C(=O)O. The van der Waals surface area contributed by atoms with Gasteiger partial charge in [0.1, 0.15) is 8.94 Å². The number of hydrogen-bond donors (Lipinski definition) is 1. The molecule has 0 radical (unpaired) electrons. The van der Waals surface area contributed by atoms with Crippen molar-refractivity contribution < 1.29 is 18.3 Å². The number of aliphatic carboxylic acids is 1. The Hall–Kier alpha value is -0.140. The third-order valence-corrected chi connectivity index (χ3v) is 9.11. The minimum atomic E-state index is -3.71. The molecule has 1 N–H and O–H groups in total. The number of hydrogen-bond acceptors (Lipinski definition) is 5. The highest BCUT2D eigenvalue weighted by atomic mass is 33.1. The van der Waals surface area contributed by atoms with Gasteiger partial charge in [0.05, 0.1) is 0 Å².